The fraction of sp³-hybridized carbons (Fsp3) is 0.235. The van der Waals surface area contributed by atoms with E-state index in [-0.39, 0.29) is 0 Å². The van der Waals surface area contributed by atoms with Gasteiger partial charge in [-0.25, -0.2) is 4.79 Å². The lowest BCUT2D eigenvalue weighted by Crippen LogP contribution is -2.06. The highest BCUT2D eigenvalue weighted by molar-refractivity contribution is 5.91. The standard InChI is InChI=1S/C17H19NO3/c1-3-21-14-7-4-6-13(10-14)11-18-16-9-5-8-15(12(16)2)17(19)20/h4-10,18H,3,11H2,1-2H3,(H,19,20). The van der Waals surface area contributed by atoms with Gasteiger partial charge in [0.05, 0.1) is 12.2 Å². The summed E-state index contributed by atoms with van der Waals surface area (Å²) in [6.45, 7) is 5.01. The van der Waals surface area contributed by atoms with E-state index in [1.807, 2.05) is 44.2 Å². The van der Waals surface area contributed by atoms with Crippen molar-refractivity contribution in [2.45, 2.75) is 20.4 Å². The van der Waals surface area contributed by atoms with Gasteiger partial charge < -0.3 is 15.2 Å². The van der Waals surface area contributed by atoms with Crippen LogP contribution in [-0.2, 0) is 6.54 Å². The average Bonchev–Trinajstić information content (AvgIpc) is 2.46. The highest BCUT2D eigenvalue weighted by Gasteiger charge is 2.09. The first-order valence-corrected chi connectivity index (χ1v) is 6.90. The molecule has 0 unspecified atom stereocenters. The molecule has 0 heterocycles. The lowest BCUT2D eigenvalue weighted by atomic mass is 10.1. The monoisotopic (exact) mass is 285 g/mol. The van der Waals surface area contributed by atoms with Gasteiger partial charge in [0.15, 0.2) is 0 Å². The van der Waals surface area contributed by atoms with Gasteiger partial charge in [-0.05, 0) is 49.2 Å². The number of benzene rings is 2. The molecule has 0 spiro atoms. The lowest BCUT2D eigenvalue weighted by molar-refractivity contribution is 0.0696. The second kappa shape index (κ2) is 6.79. The van der Waals surface area contributed by atoms with Crippen molar-refractivity contribution in [2.24, 2.45) is 0 Å². The number of carboxylic acid groups (broad SMARTS) is 1. The molecule has 4 heteroatoms. The van der Waals surface area contributed by atoms with Crippen LogP contribution in [0.3, 0.4) is 0 Å². The Morgan fingerprint density at radius 3 is 2.71 bits per heavy atom. The molecule has 110 valence electrons. The molecule has 0 fully saturated rings. The predicted octanol–water partition coefficient (Wildman–Crippen LogP) is 3.70. The number of nitrogens with one attached hydrogen (secondary N) is 1. The van der Waals surface area contributed by atoms with Gasteiger partial charge in [-0.3, -0.25) is 0 Å². The fourth-order valence-electron chi connectivity index (χ4n) is 2.17. The van der Waals surface area contributed by atoms with Gasteiger partial charge in [-0.2, -0.15) is 0 Å². The Morgan fingerprint density at radius 2 is 2.00 bits per heavy atom. The molecule has 0 aliphatic carbocycles. The number of anilines is 1. The Kier molecular flexibility index (Phi) is 4.82. The van der Waals surface area contributed by atoms with Gasteiger partial charge in [-0.1, -0.05) is 18.2 Å². The minimum Gasteiger partial charge on any atom is -0.494 e. The summed E-state index contributed by atoms with van der Waals surface area (Å²) in [5.41, 5.74) is 2.98. The van der Waals surface area contributed by atoms with Crippen molar-refractivity contribution < 1.29 is 14.6 Å². The molecule has 0 amide bonds. The molecule has 0 aromatic heterocycles. The third kappa shape index (κ3) is 3.75. The van der Waals surface area contributed by atoms with E-state index >= 15 is 0 Å². The summed E-state index contributed by atoms with van der Waals surface area (Å²) in [5.74, 6) is -0.0673. The van der Waals surface area contributed by atoms with E-state index in [1.54, 1.807) is 12.1 Å². The summed E-state index contributed by atoms with van der Waals surface area (Å²) in [6.07, 6.45) is 0. The maximum absolute atomic E-state index is 11.1. The molecule has 2 aromatic rings. The van der Waals surface area contributed by atoms with Crippen LogP contribution in [0.15, 0.2) is 42.5 Å². The van der Waals surface area contributed by atoms with Gasteiger partial charge in [-0.15, -0.1) is 0 Å². The molecule has 4 nitrogen and oxygen atoms in total. The number of rotatable bonds is 6. The molecule has 0 saturated heterocycles. The van der Waals surface area contributed by atoms with Crippen molar-refractivity contribution in [3.63, 3.8) is 0 Å². The Morgan fingerprint density at radius 1 is 1.24 bits per heavy atom. The second-order valence-electron chi connectivity index (χ2n) is 4.72. The first kappa shape index (κ1) is 14.9. The van der Waals surface area contributed by atoms with Gasteiger partial charge in [0, 0.05) is 12.2 Å². The van der Waals surface area contributed by atoms with Crippen LogP contribution in [0.4, 0.5) is 5.69 Å². The zero-order valence-electron chi connectivity index (χ0n) is 12.2. The molecule has 21 heavy (non-hydrogen) atoms. The maximum Gasteiger partial charge on any atom is 0.336 e. The quantitative estimate of drug-likeness (QED) is 0.849. The Labute approximate surface area is 124 Å². The molecule has 0 aliphatic heterocycles. The lowest BCUT2D eigenvalue weighted by Gasteiger charge is -2.12. The van der Waals surface area contributed by atoms with Crippen molar-refractivity contribution in [1.29, 1.82) is 0 Å². The molecule has 0 saturated carbocycles. The summed E-state index contributed by atoms with van der Waals surface area (Å²) in [4.78, 5) is 11.1. The number of hydrogen-bond acceptors (Lipinski definition) is 3. The molecule has 2 aromatic carbocycles. The third-order valence-corrected chi connectivity index (χ3v) is 3.26. The third-order valence-electron chi connectivity index (χ3n) is 3.26. The normalized spacial score (nSPS) is 10.2. The molecular weight excluding hydrogens is 266 g/mol. The van der Waals surface area contributed by atoms with E-state index in [2.05, 4.69) is 5.32 Å². The van der Waals surface area contributed by atoms with Crippen LogP contribution in [0.25, 0.3) is 0 Å². The molecule has 2 rings (SSSR count). The van der Waals surface area contributed by atoms with Crippen LogP contribution in [0.2, 0.25) is 0 Å². The minimum absolute atomic E-state index is 0.322. The Hall–Kier alpha value is -2.49. The topological polar surface area (TPSA) is 58.6 Å². The van der Waals surface area contributed by atoms with Crippen molar-refractivity contribution >= 4 is 11.7 Å². The first-order valence-electron chi connectivity index (χ1n) is 6.90. The van der Waals surface area contributed by atoms with Crippen LogP contribution >= 0.6 is 0 Å². The van der Waals surface area contributed by atoms with Crippen LogP contribution < -0.4 is 10.1 Å². The average molecular weight is 285 g/mol. The highest BCUT2D eigenvalue weighted by atomic mass is 16.5. The molecule has 0 bridgehead atoms. The summed E-state index contributed by atoms with van der Waals surface area (Å²) in [5, 5.41) is 12.4. The highest BCUT2D eigenvalue weighted by Crippen LogP contribution is 2.20. The molecule has 2 N–H and O–H groups in total. The van der Waals surface area contributed by atoms with Crippen molar-refractivity contribution in [3.05, 3.63) is 59.2 Å². The summed E-state index contributed by atoms with van der Waals surface area (Å²) < 4.78 is 5.47. The van der Waals surface area contributed by atoms with Crippen LogP contribution in [0, 0.1) is 6.92 Å². The minimum atomic E-state index is -0.908. The summed E-state index contributed by atoms with van der Waals surface area (Å²) in [7, 11) is 0. The Balaban J connectivity index is 2.11. The van der Waals surface area contributed by atoms with Crippen molar-refractivity contribution in [2.75, 3.05) is 11.9 Å². The van der Waals surface area contributed by atoms with E-state index in [0.29, 0.717) is 18.7 Å². The van der Waals surface area contributed by atoms with Crippen LogP contribution in [0.5, 0.6) is 5.75 Å². The smallest absolute Gasteiger partial charge is 0.336 e. The zero-order valence-corrected chi connectivity index (χ0v) is 12.2. The second-order valence-corrected chi connectivity index (χ2v) is 4.72. The zero-order chi connectivity index (χ0) is 15.2. The van der Waals surface area contributed by atoms with Crippen molar-refractivity contribution in [3.8, 4) is 5.75 Å². The van der Waals surface area contributed by atoms with Gasteiger partial charge in [0.2, 0.25) is 0 Å². The van der Waals surface area contributed by atoms with Crippen molar-refractivity contribution in [1.82, 2.24) is 0 Å². The van der Waals surface area contributed by atoms with Gasteiger partial charge >= 0.3 is 5.97 Å². The van der Waals surface area contributed by atoms with E-state index in [0.717, 1.165) is 22.6 Å². The number of aromatic carboxylic acids is 1. The predicted molar refractivity (Wildman–Crippen MR) is 83.1 cm³/mol. The van der Waals surface area contributed by atoms with Crippen LogP contribution in [0.1, 0.15) is 28.4 Å². The molecule has 0 aliphatic rings. The number of carbonyl (C=O) groups is 1. The van der Waals surface area contributed by atoms with E-state index in [9.17, 15) is 4.79 Å². The van der Waals surface area contributed by atoms with E-state index in [4.69, 9.17) is 9.84 Å². The Bertz CT molecular complexity index is 638. The first-order chi connectivity index (χ1) is 10.1. The largest absolute Gasteiger partial charge is 0.494 e. The van der Waals surface area contributed by atoms with E-state index in [1.165, 1.54) is 0 Å². The van der Waals surface area contributed by atoms with Gasteiger partial charge in [0.25, 0.3) is 0 Å². The molecule has 0 atom stereocenters. The fourth-order valence-corrected chi connectivity index (χ4v) is 2.17. The number of carboxylic acids is 1. The van der Waals surface area contributed by atoms with Gasteiger partial charge in [0.1, 0.15) is 5.75 Å². The maximum atomic E-state index is 11.1. The molecule has 0 radical (unpaired) electrons. The van der Waals surface area contributed by atoms with Crippen LogP contribution in [-0.4, -0.2) is 17.7 Å². The number of ether oxygens (including phenoxy) is 1. The van der Waals surface area contributed by atoms with E-state index < -0.39 is 5.97 Å². The number of hydrogen-bond donors (Lipinski definition) is 2. The molecular formula is C17H19NO3. The summed E-state index contributed by atoms with van der Waals surface area (Å²) >= 11 is 0. The SMILES string of the molecule is CCOc1cccc(CNc2cccc(C(=O)O)c2C)c1. The summed E-state index contributed by atoms with van der Waals surface area (Å²) in [6, 6.07) is 13.1.